The van der Waals surface area contributed by atoms with Crippen molar-refractivity contribution >= 4 is 16.7 Å². The summed E-state index contributed by atoms with van der Waals surface area (Å²) in [5, 5.41) is 4.48. The van der Waals surface area contributed by atoms with Crippen LogP contribution in [0.5, 0.6) is 5.88 Å². The number of anilines is 1. The lowest BCUT2D eigenvalue weighted by Crippen LogP contribution is -2.57. The Bertz CT molecular complexity index is 760. The second-order valence-corrected chi connectivity index (χ2v) is 6.37. The van der Waals surface area contributed by atoms with Gasteiger partial charge in [-0.05, 0) is 33.3 Å². The monoisotopic (exact) mass is 299 g/mol. The molecule has 2 aliphatic heterocycles. The van der Waals surface area contributed by atoms with E-state index in [2.05, 4.69) is 34.0 Å². The van der Waals surface area contributed by atoms with Gasteiger partial charge in [0.05, 0.1) is 11.6 Å². The van der Waals surface area contributed by atoms with Crippen LogP contribution in [0.15, 0.2) is 0 Å². The van der Waals surface area contributed by atoms with Crippen LogP contribution < -0.4 is 15.0 Å². The van der Waals surface area contributed by atoms with Crippen LogP contribution in [0.1, 0.15) is 24.0 Å². The van der Waals surface area contributed by atoms with E-state index in [1.165, 1.54) is 0 Å². The van der Waals surface area contributed by atoms with E-state index in [9.17, 15) is 0 Å². The maximum atomic E-state index is 6.03. The van der Waals surface area contributed by atoms with Crippen molar-refractivity contribution < 1.29 is 4.74 Å². The van der Waals surface area contributed by atoms with Crippen molar-refractivity contribution in [3.05, 3.63) is 17.1 Å². The molecule has 0 bridgehead atoms. The molecule has 6 heteroatoms. The summed E-state index contributed by atoms with van der Waals surface area (Å²) in [6, 6.07) is 0.714. The van der Waals surface area contributed by atoms with E-state index in [1.807, 2.05) is 13.8 Å². The molecule has 2 aromatic rings. The summed E-state index contributed by atoms with van der Waals surface area (Å²) in [6.07, 6.45) is 0. The minimum Gasteiger partial charge on any atom is -0.475 e. The highest BCUT2D eigenvalue weighted by Crippen LogP contribution is 2.37. The Labute approximate surface area is 129 Å². The van der Waals surface area contributed by atoms with Gasteiger partial charge >= 0.3 is 0 Å². The van der Waals surface area contributed by atoms with Gasteiger partial charge in [-0.1, -0.05) is 0 Å². The summed E-state index contributed by atoms with van der Waals surface area (Å²) in [4.78, 5) is 16.4. The first-order chi connectivity index (χ1) is 10.5. The summed E-state index contributed by atoms with van der Waals surface area (Å²) in [6.45, 7) is 10.7. The number of aromatic nitrogens is 3. The SMILES string of the molecule is Cc1nc2c3c(nc(C)c(C)c3n1)OC[C@@H]1CN[C@@H](C)CN21. The lowest BCUT2D eigenvalue weighted by Gasteiger charge is -2.38. The van der Waals surface area contributed by atoms with Crippen molar-refractivity contribution in [3.63, 3.8) is 0 Å². The Morgan fingerprint density at radius 2 is 2.00 bits per heavy atom. The van der Waals surface area contributed by atoms with Gasteiger partial charge in [0.2, 0.25) is 5.88 Å². The standard InChI is InChI=1S/C16H21N5O/c1-8-6-21-12(5-17-8)7-22-16-13-14(9(2)10(3)18-16)19-11(4)20-15(13)21/h8,12,17H,5-7H2,1-4H3/t8-,12-/m0/s1. The second kappa shape index (κ2) is 4.78. The van der Waals surface area contributed by atoms with E-state index < -0.39 is 0 Å². The summed E-state index contributed by atoms with van der Waals surface area (Å²) in [5.41, 5.74) is 3.05. The van der Waals surface area contributed by atoms with Crippen LogP contribution in [0.4, 0.5) is 5.82 Å². The molecule has 1 N–H and O–H groups in total. The molecule has 0 spiro atoms. The van der Waals surface area contributed by atoms with E-state index in [4.69, 9.17) is 9.72 Å². The van der Waals surface area contributed by atoms with Gasteiger partial charge in [0, 0.05) is 24.8 Å². The molecular formula is C16H21N5O. The summed E-state index contributed by atoms with van der Waals surface area (Å²) in [7, 11) is 0. The largest absolute Gasteiger partial charge is 0.475 e. The predicted octanol–water partition coefficient (Wildman–Crippen LogP) is 1.51. The van der Waals surface area contributed by atoms with Crippen LogP contribution in [0.3, 0.4) is 0 Å². The molecule has 0 unspecified atom stereocenters. The van der Waals surface area contributed by atoms with Gasteiger partial charge in [-0.2, -0.15) is 0 Å². The van der Waals surface area contributed by atoms with Crippen LogP contribution in [0.25, 0.3) is 10.9 Å². The Morgan fingerprint density at radius 1 is 1.18 bits per heavy atom. The van der Waals surface area contributed by atoms with E-state index in [0.29, 0.717) is 18.5 Å². The van der Waals surface area contributed by atoms with E-state index in [-0.39, 0.29) is 6.04 Å². The maximum absolute atomic E-state index is 6.03. The molecular weight excluding hydrogens is 278 g/mol. The summed E-state index contributed by atoms with van der Waals surface area (Å²) < 4.78 is 6.03. The van der Waals surface area contributed by atoms with E-state index in [0.717, 1.165) is 46.9 Å². The topological polar surface area (TPSA) is 63.2 Å². The Morgan fingerprint density at radius 3 is 2.82 bits per heavy atom. The fourth-order valence-corrected chi connectivity index (χ4v) is 3.34. The zero-order chi connectivity index (χ0) is 15.4. The molecule has 2 aromatic heterocycles. The van der Waals surface area contributed by atoms with Gasteiger partial charge in [-0.15, -0.1) is 0 Å². The third-order valence-electron chi connectivity index (χ3n) is 4.68. The summed E-state index contributed by atoms with van der Waals surface area (Å²) >= 11 is 0. The van der Waals surface area contributed by atoms with Crippen LogP contribution in [-0.2, 0) is 0 Å². The molecule has 1 fully saturated rings. The fourth-order valence-electron chi connectivity index (χ4n) is 3.34. The number of nitrogens with one attached hydrogen (secondary N) is 1. The number of hydrogen-bond donors (Lipinski definition) is 1. The van der Waals surface area contributed by atoms with Crippen molar-refractivity contribution in [1.29, 1.82) is 0 Å². The first-order valence-corrected chi connectivity index (χ1v) is 7.83. The number of nitrogens with zero attached hydrogens (tertiary/aromatic N) is 4. The van der Waals surface area contributed by atoms with Crippen LogP contribution in [-0.4, -0.2) is 46.7 Å². The Kier molecular flexibility index (Phi) is 2.97. The van der Waals surface area contributed by atoms with Crippen LogP contribution in [0.2, 0.25) is 0 Å². The second-order valence-electron chi connectivity index (χ2n) is 6.37. The van der Waals surface area contributed by atoms with Crippen molar-refractivity contribution in [2.24, 2.45) is 0 Å². The predicted molar refractivity (Wildman–Crippen MR) is 85.6 cm³/mol. The number of hydrogen-bond acceptors (Lipinski definition) is 6. The van der Waals surface area contributed by atoms with Gasteiger partial charge in [-0.25, -0.2) is 15.0 Å². The zero-order valence-corrected chi connectivity index (χ0v) is 13.5. The van der Waals surface area contributed by atoms with Crippen LogP contribution >= 0.6 is 0 Å². The van der Waals surface area contributed by atoms with Crippen LogP contribution in [0, 0.1) is 20.8 Å². The highest BCUT2D eigenvalue weighted by Gasteiger charge is 2.33. The third-order valence-corrected chi connectivity index (χ3v) is 4.68. The minimum atomic E-state index is 0.281. The van der Waals surface area contributed by atoms with Gasteiger partial charge in [0.25, 0.3) is 0 Å². The van der Waals surface area contributed by atoms with Gasteiger partial charge in [0.15, 0.2) is 0 Å². The lowest BCUT2D eigenvalue weighted by atomic mass is 10.1. The molecule has 1 saturated heterocycles. The quantitative estimate of drug-likeness (QED) is 0.795. The van der Waals surface area contributed by atoms with Crippen molar-refractivity contribution in [2.75, 3.05) is 24.6 Å². The number of rotatable bonds is 0. The van der Waals surface area contributed by atoms with Gasteiger partial charge in [-0.3, -0.25) is 0 Å². The third kappa shape index (κ3) is 1.94. The van der Waals surface area contributed by atoms with Gasteiger partial charge < -0.3 is 15.0 Å². The van der Waals surface area contributed by atoms with Gasteiger partial charge in [0.1, 0.15) is 23.6 Å². The molecule has 0 radical (unpaired) electrons. The number of ether oxygens (including phenoxy) is 1. The summed E-state index contributed by atoms with van der Waals surface area (Å²) in [5.74, 6) is 2.45. The fraction of sp³-hybridized carbons (Fsp3) is 0.562. The normalized spacial score (nSPS) is 23.9. The van der Waals surface area contributed by atoms with Crippen molar-refractivity contribution in [1.82, 2.24) is 20.3 Å². The molecule has 116 valence electrons. The molecule has 0 aliphatic carbocycles. The molecule has 6 nitrogen and oxygen atoms in total. The molecule has 2 atom stereocenters. The lowest BCUT2D eigenvalue weighted by molar-refractivity contribution is 0.256. The first kappa shape index (κ1) is 13.7. The highest BCUT2D eigenvalue weighted by molar-refractivity contribution is 5.96. The highest BCUT2D eigenvalue weighted by atomic mass is 16.5. The molecule has 22 heavy (non-hydrogen) atoms. The minimum absolute atomic E-state index is 0.281. The Hall–Kier alpha value is -1.95. The molecule has 4 heterocycles. The smallest absolute Gasteiger partial charge is 0.227 e. The van der Waals surface area contributed by atoms with E-state index in [1.54, 1.807) is 0 Å². The zero-order valence-electron chi connectivity index (χ0n) is 13.5. The molecule has 0 amide bonds. The van der Waals surface area contributed by atoms with Crippen molar-refractivity contribution in [3.8, 4) is 5.88 Å². The molecule has 4 rings (SSSR count). The number of pyridine rings is 1. The number of piperazine rings is 1. The molecule has 2 aliphatic rings. The van der Waals surface area contributed by atoms with Crippen molar-refractivity contribution in [2.45, 2.75) is 39.8 Å². The Balaban J connectivity index is 2.02. The average Bonchev–Trinajstić information content (AvgIpc) is 2.63. The average molecular weight is 299 g/mol. The maximum Gasteiger partial charge on any atom is 0.227 e. The number of aryl methyl sites for hydroxylation is 3. The van der Waals surface area contributed by atoms with E-state index >= 15 is 0 Å². The first-order valence-electron chi connectivity index (χ1n) is 7.83. The number of fused-ring (bicyclic) bond motifs is 2. The molecule has 0 aromatic carbocycles. The molecule has 0 saturated carbocycles.